The molecule has 0 aromatic carbocycles. The topological polar surface area (TPSA) is 24.9 Å². The normalized spacial score (nSPS) is 12.3. The van der Waals surface area contributed by atoms with Gasteiger partial charge in [-0.3, -0.25) is 0 Å². The molecule has 2 heterocycles. The standard InChI is InChI=1S/C14H20N2S/c1-10(2)14(3,4)9-16-13-11-6-8-17-12(11)5-7-15-13/h5-8,10H,9H2,1-4H3,(H,15,16). The van der Waals surface area contributed by atoms with Gasteiger partial charge in [0.1, 0.15) is 5.82 Å². The van der Waals surface area contributed by atoms with Crippen LogP contribution in [0.1, 0.15) is 27.7 Å². The van der Waals surface area contributed by atoms with E-state index in [0.717, 1.165) is 12.4 Å². The summed E-state index contributed by atoms with van der Waals surface area (Å²) in [6, 6.07) is 4.20. The van der Waals surface area contributed by atoms with Crippen LogP contribution in [0, 0.1) is 11.3 Å². The van der Waals surface area contributed by atoms with Gasteiger partial charge in [-0.25, -0.2) is 4.98 Å². The summed E-state index contributed by atoms with van der Waals surface area (Å²) in [5.41, 5.74) is 0.278. The van der Waals surface area contributed by atoms with Crippen LogP contribution in [0.25, 0.3) is 10.1 Å². The Hall–Kier alpha value is -1.09. The highest BCUT2D eigenvalue weighted by Gasteiger charge is 2.22. The second-order valence-corrected chi connectivity index (χ2v) is 6.44. The molecule has 2 aromatic heterocycles. The Morgan fingerprint density at radius 2 is 2.12 bits per heavy atom. The molecule has 0 amide bonds. The van der Waals surface area contributed by atoms with Crippen LogP contribution in [0.2, 0.25) is 0 Å². The third-order valence-electron chi connectivity index (χ3n) is 3.65. The van der Waals surface area contributed by atoms with Gasteiger partial charge in [-0.15, -0.1) is 11.3 Å². The maximum absolute atomic E-state index is 4.44. The van der Waals surface area contributed by atoms with E-state index in [4.69, 9.17) is 0 Å². The first-order valence-corrected chi connectivity index (χ1v) is 6.95. The third kappa shape index (κ3) is 2.60. The summed E-state index contributed by atoms with van der Waals surface area (Å²) in [5, 5.41) is 6.84. The molecular weight excluding hydrogens is 228 g/mol. The molecule has 0 saturated heterocycles. The Balaban J connectivity index is 2.17. The molecule has 0 bridgehead atoms. The van der Waals surface area contributed by atoms with E-state index in [1.807, 2.05) is 6.20 Å². The van der Waals surface area contributed by atoms with E-state index in [-0.39, 0.29) is 5.41 Å². The van der Waals surface area contributed by atoms with Gasteiger partial charge in [0.05, 0.1) is 0 Å². The third-order valence-corrected chi connectivity index (χ3v) is 4.54. The smallest absolute Gasteiger partial charge is 0.134 e. The Morgan fingerprint density at radius 3 is 2.82 bits per heavy atom. The lowest BCUT2D eigenvalue weighted by atomic mass is 9.81. The molecule has 2 rings (SSSR count). The summed E-state index contributed by atoms with van der Waals surface area (Å²) in [5.74, 6) is 1.66. The first-order chi connectivity index (χ1) is 8.00. The molecule has 3 heteroatoms. The minimum atomic E-state index is 0.278. The highest BCUT2D eigenvalue weighted by Crippen LogP contribution is 2.29. The monoisotopic (exact) mass is 248 g/mol. The van der Waals surface area contributed by atoms with E-state index >= 15 is 0 Å². The molecule has 0 atom stereocenters. The van der Waals surface area contributed by atoms with E-state index in [1.54, 1.807) is 11.3 Å². The molecule has 1 N–H and O–H groups in total. The van der Waals surface area contributed by atoms with Crippen LogP contribution in [-0.2, 0) is 0 Å². The van der Waals surface area contributed by atoms with Gasteiger partial charge in [0.15, 0.2) is 0 Å². The van der Waals surface area contributed by atoms with Crippen molar-refractivity contribution in [3.63, 3.8) is 0 Å². The molecule has 0 aliphatic carbocycles. The molecule has 0 saturated carbocycles. The van der Waals surface area contributed by atoms with Gasteiger partial charge >= 0.3 is 0 Å². The molecule has 2 nitrogen and oxygen atoms in total. The zero-order valence-electron chi connectivity index (χ0n) is 10.9. The fourth-order valence-electron chi connectivity index (χ4n) is 1.55. The number of anilines is 1. The lowest BCUT2D eigenvalue weighted by Gasteiger charge is -2.29. The van der Waals surface area contributed by atoms with Crippen molar-refractivity contribution >= 4 is 27.2 Å². The van der Waals surface area contributed by atoms with Crippen LogP contribution in [0.3, 0.4) is 0 Å². The van der Waals surface area contributed by atoms with E-state index in [1.165, 1.54) is 10.1 Å². The van der Waals surface area contributed by atoms with E-state index < -0.39 is 0 Å². The van der Waals surface area contributed by atoms with Crippen molar-refractivity contribution in [3.05, 3.63) is 23.7 Å². The first kappa shape index (κ1) is 12.4. The van der Waals surface area contributed by atoms with Gasteiger partial charge in [0.2, 0.25) is 0 Å². The number of hydrogen-bond acceptors (Lipinski definition) is 3. The van der Waals surface area contributed by atoms with Crippen molar-refractivity contribution in [2.45, 2.75) is 27.7 Å². The van der Waals surface area contributed by atoms with Gasteiger partial charge < -0.3 is 5.32 Å². The number of nitrogens with zero attached hydrogens (tertiary/aromatic N) is 1. The summed E-state index contributed by atoms with van der Waals surface area (Å²) >= 11 is 1.76. The fraction of sp³-hybridized carbons (Fsp3) is 0.500. The summed E-state index contributed by atoms with van der Waals surface area (Å²) < 4.78 is 1.30. The highest BCUT2D eigenvalue weighted by atomic mass is 32.1. The van der Waals surface area contributed by atoms with Crippen molar-refractivity contribution in [3.8, 4) is 0 Å². The summed E-state index contributed by atoms with van der Waals surface area (Å²) in [7, 11) is 0. The number of thiophene rings is 1. The minimum Gasteiger partial charge on any atom is -0.369 e. The minimum absolute atomic E-state index is 0.278. The molecule has 17 heavy (non-hydrogen) atoms. The Bertz CT molecular complexity index is 500. The molecule has 92 valence electrons. The van der Waals surface area contributed by atoms with E-state index in [0.29, 0.717) is 5.92 Å². The van der Waals surface area contributed by atoms with Crippen molar-refractivity contribution in [1.82, 2.24) is 4.98 Å². The predicted molar refractivity (Wildman–Crippen MR) is 76.7 cm³/mol. The maximum Gasteiger partial charge on any atom is 0.134 e. The molecule has 0 unspecified atom stereocenters. The zero-order valence-corrected chi connectivity index (χ0v) is 11.8. The molecular formula is C14H20N2S. The Labute approximate surface area is 107 Å². The highest BCUT2D eigenvalue weighted by molar-refractivity contribution is 7.17. The number of rotatable bonds is 4. The van der Waals surface area contributed by atoms with Gasteiger partial charge in [-0.1, -0.05) is 27.7 Å². The molecule has 0 aliphatic rings. The van der Waals surface area contributed by atoms with Crippen LogP contribution in [0.5, 0.6) is 0 Å². The van der Waals surface area contributed by atoms with Gasteiger partial charge in [0, 0.05) is 22.8 Å². The number of fused-ring (bicyclic) bond motifs is 1. The molecule has 0 spiro atoms. The summed E-state index contributed by atoms with van der Waals surface area (Å²) in [6.07, 6.45) is 1.88. The number of pyridine rings is 1. The second-order valence-electron chi connectivity index (χ2n) is 5.49. The van der Waals surface area contributed by atoms with E-state index in [2.05, 4.69) is 55.5 Å². The molecule has 0 fully saturated rings. The quantitative estimate of drug-likeness (QED) is 0.868. The number of nitrogens with one attached hydrogen (secondary N) is 1. The van der Waals surface area contributed by atoms with Crippen molar-refractivity contribution in [1.29, 1.82) is 0 Å². The summed E-state index contributed by atoms with van der Waals surface area (Å²) in [6.45, 7) is 10.1. The second kappa shape index (κ2) is 4.65. The fourth-order valence-corrected chi connectivity index (χ4v) is 2.33. The van der Waals surface area contributed by atoms with Crippen LogP contribution >= 0.6 is 11.3 Å². The predicted octanol–water partition coefficient (Wildman–Crippen LogP) is 4.39. The number of aromatic nitrogens is 1. The Kier molecular flexibility index (Phi) is 3.38. The largest absolute Gasteiger partial charge is 0.369 e. The SMILES string of the molecule is CC(C)C(C)(C)CNc1nccc2sccc12. The van der Waals surface area contributed by atoms with Gasteiger partial charge in [-0.2, -0.15) is 0 Å². The average molecular weight is 248 g/mol. The molecule has 0 aliphatic heterocycles. The zero-order chi connectivity index (χ0) is 12.5. The first-order valence-electron chi connectivity index (χ1n) is 6.07. The molecule has 2 aromatic rings. The lowest BCUT2D eigenvalue weighted by Crippen LogP contribution is -2.28. The van der Waals surface area contributed by atoms with Gasteiger partial charge in [0.25, 0.3) is 0 Å². The van der Waals surface area contributed by atoms with Crippen molar-refractivity contribution < 1.29 is 0 Å². The maximum atomic E-state index is 4.44. The van der Waals surface area contributed by atoms with Crippen molar-refractivity contribution in [2.75, 3.05) is 11.9 Å². The number of hydrogen-bond donors (Lipinski definition) is 1. The van der Waals surface area contributed by atoms with E-state index in [9.17, 15) is 0 Å². The van der Waals surface area contributed by atoms with Gasteiger partial charge in [-0.05, 0) is 28.8 Å². The molecule has 0 radical (unpaired) electrons. The Morgan fingerprint density at radius 1 is 1.35 bits per heavy atom. The lowest BCUT2D eigenvalue weighted by molar-refractivity contribution is 0.269. The van der Waals surface area contributed by atoms with Crippen molar-refractivity contribution in [2.24, 2.45) is 11.3 Å². The summed E-state index contributed by atoms with van der Waals surface area (Å²) in [4.78, 5) is 4.44. The average Bonchev–Trinajstić information content (AvgIpc) is 2.74. The van der Waals surface area contributed by atoms with Crippen LogP contribution in [0.4, 0.5) is 5.82 Å². The van der Waals surface area contributed by atoms with Crippen LogP contribution in [-0.4, -0.2) is 11.5 Å². The van der Waals surface area contributed by atoms with Crippen LogP contribution < -0.4 is 5.32 Å². The van der Waals surface area contributed by atoms with Crippen LogP contribution in [0.15, 0.2) is 23.7 Å².